The summed E-state index contributed by atoms with van der Waals surface area (Å²) in [6.45, 7) is 5.54. The maximum Gasteiger partial charge on any atom is 0.530 e. The number of hydrogen-bond donors (Lipinski definition) is 1. The monoisotopic (exact) mass is 239 g/mol. The fraction of sp³-hybridized carbons (Fsp3) is 0.417. The minimum absolute atomic E-state index is 0.295. The fourth-order valence-electron chi connectivity index (χ4n) is 1.02. The molecule has 0 heterocycles. The van der Waals surface area contributed by atoms with Crippen LogP contribution in [0.2, 0.25) is 0 Å². The smallest absolute Gasteiger partial charge is 0.427 e. The Labute approximate surface area is 101 Å². The zero-order chi connectivity index (χ0) is 12.7. The van der Waals surface area contributed by atoms with Crippen LogP contribution >= 0.6 is 0 Å². The van der Waals surface area contributed by atoms with E-state index in [2.05, 4.69) is 10.5 Å². The molecule has 17 heavy (non-hydrogen) atoms. The van der Waals surface area contributed by atoms with E-state index in [9.17, 15) is 4.79 Å². The maximum atomic E-state index is 11.1. The number of hydrogen-bond acceptors (Lipinski definition) is 5. The Morgan fingerprint density at radius 3 is 2.47 bits per heavy atom. The van der Waals surface area contributed by atoms with Gasteiger partial charge in [-0.1, -0.05) is 30.3 Å². The largest absolute Gasteiger partial charge is 0.530 e. The van der Waals surface area contributed by atoms with Crippen LogP contribution in [-0.2, 0) is 21.0 Å². The highest BCUT2D eigenvalue weighted by Gasteiger charge is 2.17. The van der Waals surface area contributed by atoms with Crippen molar-refractivity contribution in [2.75, 3.05) is 0 Å². The van der Waals surface area contributed by atoms with Gasteiger partial charge >= 0.3 is 6.16 Å². The van der Waals surface area contributed by atoms with Crippen LogP contribution < -0.4 is 5.64 Å². The zero-order valence-corrected chi connectivity index (χ0v) is 10.2. The van der Waals surface area contributed by atoms with Crippen molar-refractivity contribution in [2.45, 2.75) is 33.0 Å². The lowest BCUT2D eigenvalue weighted by Crippen LogP contribution is -2.28. The van der Waals surface area contributed by atoms with Gasteiger partial charge in [0.25, 0.3) is 0 Å². The van der Waals surface area contributed by atoms with Gasteiger partial charge < -0.3 is 9.57 Å². The number of rotatable bonds is 4. The Balaban J connectivity index is 2.14. The highest BCUT2D eigenvalue weighted by molar-refractivity contribution is 5.59. The van der Waals surface area contributed by atoms with E-state index < -0.39 is 11.8 Å². The minimum Gasteiger partial charge on any atom is -0.427 e. The number of benzene rings is 1. The van der Waals surface area contributed by atoms with Crippen LogP contribution in [0.4, 0.5) is 4.79 Å². The summed E-state index contributed by atoms with van der Waals surface area (Å²) < 4.78 is 4.89. The molecule has 5 heteroatoms. The van der Waals surface area contributed by atoms with Crippen molar-refractivity contribution in [3.8, 4) is 0 Å². The van der Waals surface area contributed by atoms with Gasteiger partial charge in [-0.15, -0.1) is 0 Å². The van der Waals surface area contributed by atoms with E-state index in [-0.39, 0.29) is 0 Å². The van der Waals surface area contributed by atoms with Crippen LogP contribution in [0.15, 0.2) is 30.3 Å². The van der Waals surface area contributed by atoms with Crippen molar-refractivity contribution in [3.63, 3.8) is 0 Å². The van der Waals surface area contributed by atoms with Gasteiger partial charge in [0.2, 0.25) is 0 Å². The third-order valence-corrected chi connectivity index (χ3v) is 1.66. The molecule has 0 saturated carbocycles. The van der Waals surface area contributed by atoms with E-state index in [4.69, 9.17) is 9.57 Å². The molecule has 0 saturated heterocycles. The SMILES string of the molecule is CC(C)(C)OC(=O)ONOCc1ccccc1. The van der Waals surface area contributed by atoms with Gasteiger partial charge in [-0.2, -0.15) is 0 Å². The lowest BCUT2D eigenvalue weighted by Gasteiger charge is -2.18. The molecule has 0 bridgehead atoms. The lowest BCUT2D eigenvalue weighted by molar-refractivity contribution is -0.163. The quantitative estimate of drug-likeness (QED) is 0.497. The van der Waals surface area contributed by atoms with E-state index in [0.717, 1.165) is 5.56 Å². The molecular weight excluding hydrogens is 222 g/mol. The lowest BCUT2D eigenvalue weighted by atomic mass is 10.2. The highest BCUT2D eigenvalue weighted by Crippen LogP contribution is 2.07. The molecule has 1 aromatic rings. The molecule has 0 radical (unpaired) electrons. The first-order valence-corrected chi connectivity index (χ1v) is 5.28. The molecule has 1 aromatic carbocycles. The van der Waals surface area contributed by atoms with Gasteiger partial charge in [-0.3, -0.25) is 4.84 Å². The molecule has 1 rings (SSSR count). The molecule has 1 N–H and O–H groups in total. The average Bonchev–Trinajstić information content (AvgIpc) is 2.23. The van der Waals surface area contributed by atoms with Crippen molar-refractivity contribution in [2.24, 2.45) is 0 Å². The molecule has 0 amide bonds. The summed E-state index contributed by atoms with van der Waals surface area (Å²) in [6, 6.07) is 9.50. The van der Waals surface area contributed by atoms with Crippen LogP contribution in [0.5, 0.6) is 0 Å². The summed E-state index contributed by atoms with van der Waals surface area (Å²) in [5.41, 5.74) is 2.46. The molecule has 5 nitrogen and oxygen atoms in total. The second-order valence-corrected chi connectivity index (χ2v) is 4.42. The van der Waals surface area contributed by atoms with E-state index in [0.29, 0.717) is 6.61 Å². The van der Waals surface area contributed by atoms with Gasteiger partial charge in [0.1, 0.15) is 5.60 Å². The highest BCUT2D eigenvalue weighted by atomic mass is 17.0. The molecule has 94 valence electrons. The van der Waals surface area contributed by atoms with Gasteiger partial charge in [0.15, 0.2) is 0 Å². The first kappa shape index (κ1) is 13.5. The van der Waals surface area contributed by atoms with Crippen molar-refractivity contribution in [1.29, 1.82) is 0 Å². The third kappa shape index (κ3) is 6.55. The summed E-state index contributed by atoms with van der Waals surface area (Å²) >= 11 is 0. The van der Waals surface area contributed by atoms with E-state index in [1.807, 2.05) is 30.3 Å². The fourth-order valence-corrected chi connectivity index (χ4v) is 1.02. The first-order chi connectivity index (χ1) is 7.97. The van der Waals surface area contributed by atoms with Crippen molar-refractivity contribution in [3.05, 3.63) is 35.9 Å². The standard InChI is InChI=1S/C12H17NO4/c1-12(2,3)16-11(14)17-13-15-9-10-7-5-4-6-8-10/h4-8,13H,9H2,1-3H3. The second-order valence-electron chi connectivity index (χ2n) is 4.42. The Hall–Kier alpha value is -1.59. The predicted octanol–water partition coefficient (Wildman–Crippen LogP) is 2.57. The first-order valence-electron chi connectivity index (χ1n) is 5.28. The molecule has 0 fully saturated rings. The Bertz CT molecular complexity index is 345. The maximum absolute atomic E-state index is 11.1. The number of nitrogens with one attached hydrogen (secondary N) is 1. The topological polar surface area (TPSA) is 56.8 Å². The average molecular weight is 239 g/mol. The minimum atomic E-state index is -0.828. The van der Waals surface area contributed by atoms with Crippen LogP contribution in [0.25, 0.3) is 0 Å². The van der Waals surface area contributed by atoms with E-state index in [1.54, 1.807) is 20.8 Å². The van der Waals surface area contributed by atoms with Crippen molar-refractivity contribution >= 4 is 6.16 Å². The second kappa shape index (κ2) is 6.22. The number of carbonyl (C=O) groups excluding carboxylic acids is 1. The normalized spacial score (nSPS) is 11.0. The Morgan fingerprint density at radius 2 is 1.88 bits per heavy atom. The molecular formula is C12H17NO4. The zero-order valence-electron chi connectivity index (χ0n) is 10.2. The summed E-state index contributed by atoms with van der Waals surface area (Å²) in [7, 11) is 0. The molecule has 0 spiro atoms. The third-order valence-electron chi connectivity index (χ3n) is 1.66. The summed E-state index contributed by atoms with van der Waals surface area (Å²) in [5.74, 6) is 0. The molecule has 0 aliphatic carbocycles. The predicted molar refractivity (Wildman–Crippen MR) is 61.7 cm³/mol. The van der Waals surface area contributed by atoms with Gasteiger partial charge in [0, 0.05) is 0 Å². The van der Waals surface area contributed by atoms with Crippen molar-refractivity contribution in [1.82, 2.24) is 5.64 Å². The van der Waals surface area contributed by atoms with Crippen molar-refractivity contribution < 1.29 is 19.2 Å². The molecule has 0 unspecified atom stereocenters. The number of carbonyl (C=O) groups is 1. The van der Waals surface area contributed by atoms with Crippen LogP contribution in [0, 0.1) is 0 Å². The molecule has 0 atom stereocenters. The van der Waals surface area contributed by atoms with Gasteiger partial charge in [0.05, 0.1) is 6.61 Å². The van der Waals surface area contributed by atoms with Crippen LogP contribution in [0.1, 0.15) is 26.3 Å². The van der Waals surface area contributed by atoms with E-state index >= 15 is 0 Å². The van der Waals surface area contributed by atoms with E-state index in [1.165, 1.54) is 0 Å². The summed E-state index contributed by atoms with van der Waals surface area (Å²) in [5, 5.41) is 0. The Kier molecular flexibility index (Phi) is 4.93. The molecule has 0 aromatic heterocycles. The van der Waals surface area contributed by atoms with Gasteiger partial charge in [-0.05, 0) is 32.0 Å². The van der Waals surface area contributed by atoms with Crippen LogP contribution in [0.3, 0.4) is 0 Å². The number of ether oxygens (including phenoxy) is 1. The van der Waals surface area contributed by atoms with Gasteiger partial charge in [-0.25, -0.2) is 4.79 Å². The summed E-state index contributed by atoms with van der Waals surface area (Å²) in [6.07, 6.45) is -0.828. The Morgan fingerprint density at radius 1 is 1.24 bits per heavy atom. The van der Waals surface area contributed by atoms with Crippen LogP contribution in [-0.4, -0.2) is 11.8 Å². The summed E-state index contributed by atoms with van der Waals surface area (Å²) in [4.78, 5) is 20.5. The molecule has 0 aliphatic rings. The molecule has 0 aliphatic heterocycles.